The predicted molar refractivity (Wildman–Crippen MR) is 132 cm³/mol. The van der Waals surface area contributed by atoms with Crippen LogP contribution in [0.4, 0.5) is 8.78 Å². The van der Waals surface area contributed by atoms with Gasteiger partial charge >= 0.3 is 0 Å². The lowest BCUT2D eigenvalue weighted by Crippen LogP contribution is -2.44. The summed E-state index contributed by atoms with van der Waals surface area (Å²) in [5.74, 6) is -0.502. The SMILES string of the molecule is CC(C)[C@@H](CCC(=O)N1CC(c2cc(F)ccc2F)=C[C@H]1c1ccccc1)NCCN1CCC1. The molecule has 1 amide bonds. The molecule has 0 aromatic heterocycles. The van der Waals surface area contributed by atoms with Crippen LogP contribution in [0.15, 0.2) is 54.6 Å². The quantitative estimate of drug-likeness (QED) is 0.532. The van der Waals surface area contributed by atoms with Crippen LogP contribution in [0, 0.1) is 17.6 Å². The van der Waals surface area contributed by atoms with Crippen molar-refractivity contribution in [3.05, 3.63) is 77.4 Å². The molecular weight excluding hydrogens is 432 g/mol. The summed E-state index contributed by atoms with van der Waals surface area (Å²) in [4.78, 5) is 17.6. The molecule has 2 aliphatic rings. The summed E-state index contributed by atoms with van der Waals surface area (Å²) in [5, 5.41) is 3.64. The van der Waals surface area contributed by atoms with E-state index in [1.54, 1.807) is 4.90 Å². The van der Waals surface area contributed by atoms with E-state index in [1.807, 2.05) is 36.4 Å². The van der Waals surface area contributed by atoms with Crippen LogP contribution in [0.1, 0.15) is 50.3 Å². The van der Waals surface area contributed by atoms with Crippen LogP contribution in [-0.4, -0.2) is 54.5 Å². The average molecular weight is 468 g/mol. The van der Waals surface area contributed by atoms with E-state index in [0.717, 1.165) is 37.2 Å². The lowest BCUT2D eigenvalue weighted by Gasteiger charge is -2.32. The highest BCUT2D eigenvalue weighted by Crippen LogP contribution is 2.36. The van der Waals surface area contributed by atoms with E-state index in [9.17, 15) is 13.6 Å². The highest BCUT2D eigenvalue weighted by molar-refractivity contribution is 5.83. The number of nitrogens with one attached hydrogen (secondary N) is 1. The minimum atomic E-state index is -0.484. The number of hydrogen-bond donors (Lipinski definition) is 1. The van der Waals surface area contributed by atoms with Crippen LogP contribution in [0.3, 0.4) is 0 Å². The molecule has 2 aromatic carbocycles. The molecule has 2 heterocycles. The zero-order valence-electron chi connectivity index (χ0n) is 20.1. The lowest BCUT2D eigenvalue weighted by molar-refractivity contribution is -0.131. The van der Waals surface area contributed by atoms with Crippen molar-refractivity contribution in [2.75, 3.05) is 32.7 Å². The number of likely N-dealkylation sites (tertiary alicyclic amines) is 1. The minimum absolute atomic E-state index is 0.0344. The van der Waals surface area contributed by atoms with Crippen molar-refractivity contribution in [2.24, 2.45) is 5.92 Å². The largest absolute Gasteiger partial charge is 0.328 e. The number of nitrogens with zero attached hydrogens (tertiary/aromatic N) is 2. The molecule has 34 heavy (non-hydrogen) atoms. The van der Waals surface area contributed by atoms with Crippen molar-refractivity contribution in [3.63, 3.8) is 0 Å². The Bertz CT molecular complexity index is 1000. The van der Waals surface area contributed by atoms with Crippen molar-refractivity contribution in [1.82, 2.24) is 15.1 Å². The van der Waals surface area contributed by atoms with Crippen molar-refractivity contribution >= 4 is 11.5 Å². The van der Waals surface area contributed by atoms with Gasteiger partial charge < -0.3 is 15.1 Å². The second-order valence-electron chi connectivity index (χ2n) is 9.73. The standard InChI is InChI=1S/C28H35F2N3O/c1-20(2)26(31-13-16-32-14-6-15-32)11-12-28(34)33-19-22(24-18-23(29)9-10-25(24)30)17-27(33)21-7-4-3-5-8-21/h3-5,7-10,17-18,20,26-27,31H,6,11-16,19H2,1-2H3/t26-,27+/m1/s1. The Morgan fingerprint density at radius 3 is 2.56 bits per heavy atom. The van der Waals surface area contributed by atoms with Crippen LogP contribution in [-0.2, 0) is 4.79 Å². The molecule has 2 aliphatic heterocycles. The number of amides is 1. The molecule has 1 saturated heterocycles. The molecule has 2 atom stereocenters. The van der Waals surface area contributed by atoms with Gasteiger partial charge in [0.1, 0.15) is 11.6 Å². The molecule has 0 unspecified atom stereocenters. The Kier molecular flexibility index (Phi) is 8.11. The van der Waals surface area contributed by atoms with Gasteiger partial charge in [-0.25, -0.2) is 8.78 Å². The first-order chi connectivity index (χ1) is 16.4. The van der Waals surface area contributed by atoms with E-state index >= 15 is 0 Å². The topological polar surface area (TPSA) is 35.6 Å². The Hall–Kier alpha value is -2.57. The van der Waals surface area contributed by atoms with Crippen LogP contribution >= 0.6 is 0 Å². The fraction of sp³-hybridized carbons (Fsp3) is 0.464. The summed E-state index contributed by atoms with van der Waals surface area (Å²) in [6.07, 6.45) is 4.35. The molecule has 0 radical (unpaired) electrons. The van der Waals surface area contributed by atoms with Crippen molar-refractivity contribution < 1.29 is 13.6 Å². The number of carbonyl (C=O) groups is 1. The van der Waals surface area contributed by atoms with Crippen molar-refractivity contribution in [2.45, 2.75) is 45.2 Å². The van der Waals surface area contributed by atoms with E-state index < -0.39 is 11.6 Å². The Morgan fingerprint density at radius 2 is 1.88 bits per heavy atom. The molecular formula is C28H35F2N3O. The third kappa shape index (κ3) is 5.91. The summed E-state index contributed by atoms with van der Waals surface area (Å²) >= 11 is 0. The smallest absolute Gasteiger partial charge is 0.223 e. The highest BCUT2D eigenvalue weighted by atomic mass is 19.1. The average Bonchev–Trinajstić information content (AvgIpc) is 3.24. The van der Waals surface area contributed by atoms with E-state index in [0.29, 0.717) is 17.9 Å². The number of carbonyl (C=O) groups excluding carboxylic acids is 1. The molecule has 4 rings (SSSR count). The Morgan fingerprint density at radius 1 is 1.12 bits per heavy atom. The third-order valence-electron chi connectivity index (χ3n) is 7.03. The van der Waals surface area contributed by atoms with Gasteiger partial charge in [0, 0.05) is 37.7 Å². The second-order valence-corrected chi connectivity index (χ2v) is 9.73. The van der Waals surface area contributed by atoms with Crippen LogP contribution in [0.25, 0.3) is 5.57 Å². The van der Waals surface area contributed by atoms with Gasteiger partial charge in [-0.3, -0.25) is 4.79 Å². The van der Waals surface area contributed by atoms with Crippen LogP contribution in [0.2, 0.25) is 0 Å². The summed E-state index contributed by atoms with van der Waals surface area (Å²) < 4.78 is 28.4. The van der Waals surface area contributed by atoms with E-state index in [1.165, 1.54) is 25.6 Å². The minimum Gasteiger partial charge on any atom is -0.328 e. The zero-order chi connectivity index (χ0) is 24.1. The summed E-state index contributed by atoms with van der Waals surface area (Å²) in [6.45, 7) is 8.98. The molecule has 0 bridgehead atoms. The molecule has 0 aliphatic carbocycles. The molecule has 2 aromatic rings. The third-order valence-corrected chi connectivity index (χ3v) is 7.03. The molecule has 1 N–H and O–H groups in total. The highest BCUT2D eigenvalue weighted by Gasteiger charge is 2.32. The van der Waals surface area contributed by atoms with Gasteiger partial charge in [-0.15, -0.1) is 0 Å². The number of hydrogen-bond acceptors (Lipinski definition) is 3. The van der Waals surface area contributed by atoms with Gasteiger partial charge in [0.2, 0.25) is 5.91 Å². The number of halogens is 2. The summed E-state index contributed by atoms with van der Waals surface area (Å²) in [5.41, 5.74) is 1.84. The monoisotopic (exact) mass is 467 g/mol. The molecule has 1 fully saturated rings. The maximum absolute atomic E-state index is 14.5. The van der Waals surface area contributed by atoms with Gasteiger partial charge in [-0.1, -0.05) is 50.3 Å². The predicted octanol–water partition coefficient (Wildman–Crippen LogP) is 5.03. The Balaban J connectivity index is 1.45. The molecule has 6 heteroatoms. The molecule has 4 nitrogen and oxygen atoms in total. The zero-order valence-corrected chi connectivity index (χ0v) is 20.1. The van der Waals surface area contributed by atoms with Crippen LogP contribution < -0.4 is 5.32 Å². The maximum Gasteiger partial charge on any atom is 0.223 e. The fourth-order valence-corrected chi connectivity index (χ4v) is 4.81. The van der Waals surface area contributed by atoms with E-state index in [4.69, 9.17) is 0 Å². The first-order valence-corrected chi connectivity index (χ1v) is 12.4. The lowest BCUT2D eigenvalue weighted by atomic mass is 9.98. The van der Waals surface area contributed by atoms with Crippen LogP contribution in [0.5, 0.6) is 0 Å². The van der Waals surface area contributed by atoms with Gasteiger partial charge in [0.05, 0.1) is 6.04 Å². The van der Waals surface area contributed by atoms with Gasteiger partial charge in [-0.05, 0) is 61.2 Å². The summed E-state index contributed by atoms with van der Waals surface area (Å²) in [7, 11) is 0. The number of rotatable bonds is 10. The molecule has 0 saturated carbocycles. The first-order valence-electron chi connectivity index (χ1n) is 12.4. The second kappa shape index (κ2) is 11.2. The van der Waals surface area contributed by atoms with Gasteiger partial charge in [0.25, 0.3) is 0 Å². The van der Waals surface area contributed by atoms with Crippen molar-refractivity contribution in [1.29, 1.82) is 0 Å². The Labute approximate surface area is 201 Å². The van der Waals surface area contributed by atoms with Crippen molar-refractivity contribution in [3.8, 4) is 0 Å². The number of benzene rings is 2. The summed E-state index contributed by atoms with van der Waals surface area (Å²) in [6, 6.07) is 13.2. The normalized spacial score (nSPS) is 19.3. The van der Waals surface area contributed by atoms with E-state index in [2.05, 4.69) is 24.1 Å². The first kappa shape index (κ1) is 24.6. The van der Waals surface area contributed by atoms with Gasteiger partial charge in [0.15, 0.2) is 0 Å². The van der Waals surface area contributed by atoms with E-state index in [-0.39, 0.29) is 30.1 Å². The molecule has 0 spiro atoms. The molecule has 182 valence electrons. The van der Waals surface area contributed by atoms with Gasteiger partial charge in [-0.2, -0.15) is 0 Å². The fourth-order valence-electron chi connectivity index (χ4n) is 4.81. The maximum atomic E-state index is 14.5.